The zero-order valence-electron chi connectivity index (χ0n) is 12.4. The van der Waals surface area contributed by atoms with Crippen LogP contribution >= 0.6 is 12.4 Å². The van der Waals surface area contributed by atoms with Gasteiger partial charge < -0.3 is 15.4 Å². The summed E-state index contributed by atoms with van der Waals surface area (Å²) in [6.07, 6.45) is 1.63. The van der Waals surface area contributed by atoms with Gasteiger partial charge in [0, 0.05) is 31.2 Å². The van der Waals surface area contributed by atoms with Gasteiger partial charge >= 0.3 is 0 Å². The summed E-state index contributed by atoms with van der Waals surface area (Å²) in [6, 6.07) is 3.41. The van der Waals surface area contributed by atoms with Crippen molar-refractivity contribution in [2.45, 2.75) is 38.3 Å². The summed E-state index contributed by atoms with van der Waals surface area (Å²) in [4.78, 5) is 2.29. The van der Waals surface area contributed by atoms with E-state index in [-0.39, 0.29) is 29.8 Å². The summed E-state index contributed by atoms with van der Waals surface area (Å²) in [5, 5.41) is 0. The number of rotatable bonds is 4. The molecule has 1 aliphatic rings. The molecule has 3 nitrogen and oxygen atoms in total. The zero-order valence-corrected chi connectivity index (χ0v) is 13.3. The molecule has 0 atom stereocenters. The number of nitrogens with two attached hydrogens (primary N) is 1. The molecule has 120 valence electrons. The minimum atomic E-state index is -0.643. The highest BCUT2D eigenvalue weighted by Gasteiger charge is 2.24. The van der Waals surface area contributed by atoms with Gasteiger partial charge in [-0.2, -0.15) is 0 Å². The number of likely N-dealkylation sites (tertiary alicyclic amines) is 1. The molecule has 1 aromatic rings. The molecule has 0 bridgehead atoms. The van der Waals surface area contributed by atoms with Gasteiger partial charge in [-0.3, -0.25) is 0 Å². The second kappa shape index (κ2) is 7.38. The molecule has 1 fully saturated rings. The lowest BCUT2D eigenvalue weighted by Gasteiger charge is -2.35. The lowest BCUT2D eigenvalue weighted by atomic mass is 10.0. The van der Waals surface area contributed by atoms with E-state index < -0.39 is 11.6 Å². The first-order valence-corrected chi connectivity index (χ1v) is 6.96. The quantitative estimate of drug-likeness (QED) is 0.927. The third kappa shape index (κ3) is 5.77. The minimum absolute atomic E-state index is 0. The molecule has 0 spiro atoms. The highest BCUT2D eigenvalue weighted by Crippen LogP contribution is 2.23. The molecule has 0 saturated carbocycles. The first-order valence-electron chi connectivity index (χ1n) is 6.96. The van der Waals surface area contributed by atoms with Crippen LogP contribution in [0.15, 0.2) is 18.2 Å². The number of hydrogen-bond donors (Lipinski definition) is 1. The third-order valence-corrected chi connectivity index (χ3v) is 3.35. The molecule has 0 radical (unpaired) electrons. The van der Waals surface area contributed by atoms with Crippen molar-refractivity contribution in [3.8, 4) is 5.75 Å². The number of nitrogens with zero attached hydrogens (tertiary/aromatic N) is 1. The molecule has 1 aromatic carbocycles. The van der Waals surface area contributed by atoms with E-state index in [1.165, 1.54) is 12.1 Å². The van der Waals surface area contributed by atoms with E-state index in [1.54, 1.807) is 0 Å². The predicted molar refractivity (Wildman–Crippen MR) is 82.0 cm³/mol. The van der Waals surface area contributed by atoms with Crippen molar-refractivity contribution >= 4 is 12.4 Å². The summed E-state index contributed by atoms with van der Waals surface area (Å²) in [7, 11) is 0. The van der Waals surface area contributed by atoms with Crippen molar-refractivity contribution in [1.82, 2.24) is 4.90 Å². The van der Waals surface area contributed by atoms with Crippen molar-refractivity contribution in [1.29, 1.82) is 0 Å². The number of benzene rings is 1. The average molecular weight is 321 g/mol. The first kappa shape index (κ1) is 18.1. The zero-order chi connectivity index (χ0) is 14.8. The van der Waals surface area contributed by atoms with Crippen molar-refractivity contribution in [2.75, 3.05) is 19.6 Å². The van der Waals surface area contributed by atoms with E-state index >= 15 is 0 Å². The number of ether oxygens (including phenoxy) is 1. The average Bonchev–Trinajstić information content (AvgIpc) is 2.33. The van der Waals surface area contributed by atoms with Gasteiger partial charge in [0.05, 0.1) is 0 Å². The molecular weight excluding hydrogens is 298 g/mol. The van der Waals surface area contributed by atoms with Crippen LogP contribution in [0.3, 0.4) is 0 Å². The van der Waals surface area contributed by atoms with Crippen LogP contribution in [0.2, 0.25) is 0 Å². The summed E-state index contributed by atoms with van der Waals surface area (Å²) in [5.74, 6) is -1.10. The third-order valence-electron chi connectivity index (χ3n) is 3.35. The Balaban J connectivity index is 0.00000220. The van der Waals surface area contributed by atoms with Gasteiger partial charge in [0.15, 0.2) is 11.6 Å². The minimum Gasteiger partial charge on any atom is -0.487 e. The maximum atomic E-state index is 13.5. The van der Waals surface area contributed by atoms with E-state index in [9.17, 15) is 8.78 Å². The van der Waals surface area contributed by atoms with Crippen LogP contribution in [0.25, 0.3) is 0 Å². The van der Waals surface area contributed by atoms with Gasteiger partial charge in [-0.05, 0) is 38.8 Å². The summed E-state index contributed by atoms with van der Waals surface area (Å²) >= 11 is 0. The monoisotopic (exact) mass is 320 g/mol. The fourth-order valence-corrected chi connectivity index (χ4v) is 2.51. The fraction of sp³-hybridized carbons (Fsp3) is 0.600. The second-order valence-electron chi connectivity index (χ2n) is 6.16. The van der Waals surface area contributed by atoms with Crippen molar-refractivity contribution in [3.05, 3.63) is 29.8 Å². The molecule has 1 aliphatic heterocycles. The largest absolute Gasteiger partial charge is 0.487 e. The molecule has 6 heteroatoms. The Kier molecular flexibility index (Phi) is 6.38. The van der Waals surface area contributed by atoms with Crippen molar-refractivity contribution in [3.63, 3.8) is 0 Å². The lowest BCUT2D eigenvalue weighted by molar-refractivity contribution is 0.0874. The Labute approximate surface area is 130 Å². The fourth-order valence-electron chi connectivity index (χ4n) is 2.51. The van der Waals surface area contributed by atoms with Gasteiger partial charge in [0.25, 0.3) is 0 Å². The number of piperidine rings is 1. The Hall–Kier alpha value is -0.910. The molecule has 0 aromatic heterocycles. The second-order valence-corrected chi connectivity index (χ2v) is 6.16. The van der Waals surface area contributed by atoms with Crippen LogP contribution < -0.4 is 10.5 Å². The molecule has 2 rings (SSSR count). The maximum absolute atomic E-state index is 13.5. The Bertz CT molecular complexity index is 457. The van der Waals surface area contributed by atoms with Crippen molar-refractivity contribution in [2.24, 2.45) is 5.73 Å². The van der Waals surface area contributed by atoms with Crippen LogP contribution in [0.5, 0.6) is 5.75 Å². The normalized spacial score (nSPS) is 17.4. The Morgan fingerprint density at radius 1 is 1.29 bits per heavy atom. The van der Waals surface area contributed by atoms with E-state index in [4.69, 9.17) is 10.5 Å². The van der Waals surface area contributed by atoms with Crippen LogP contribution in [0.4, 0.5) is 8.78 Å². The SMILES string of the molecule is CC(C)(N)CN1CCC(Oc2ccc(F)cc2F)CC1.Cl. The molecule has 21 heavy (non-hydrogen) atoms. The van der Waals surface area contributed by atoms with Crippen molar-refractivity contribution < 1.29 is 13.5 Å². The molecule has 1 saturated heterocycles. The highest BCUT2D eigenvalue weighted by molar-refractivity contribution is 5.85. The van der Waals surface area contributed by atoms with Crippen LogP contribution in [-0.4, -0.2) is 36.2 Å². The van der Waals surface area contributed by atoms with Crippen LogP contribution in [0, 0.1) is 11.6 Å². The van der Waals surface area contributed by atoms with Crippen LogP contribution in [-0.2, 0) is 0 Å². The molecule has 1 heterocycles. The topological polar surface area (TPSA) is 38.5 Å². The molecule has 0 unspecified atom stereocenters. The summed E-state index contributed by atoms with van der Waals surface area (Å²) in [6.45, 7) is 6.61. The maximum Gasteiger partial charge on any atom is 0.167 e. The van der Waals surface area contributed by atoms with Gasteiger partial charge in [0.1, 0.15) is 11.9 Å². The number of halogens is 3. The van der Waals surface area contributed by atoms with Gasteiger partial charge in [-0.25, -0.2) is 8.78 Å². The molecule has 0 amide bonds. The van der Waals surface area contributed by atoms with Gasteiger partial charge in [0.2, 0.25) is 0 Å². The highest BCUT2D eigenvalue weighted by atomic mass is 35.5. The molecule has 2 N–H and O–H groups in total. The van der Waals surface area contributed by atoms with E-state index in [0.29, 0.717) is 0 Å². The molecule has 0 aliphatic carbocycles. The van der Waals surface area contributed by atoms with E-state index in [0.717, 1.165) is 38.5 Å². The van der Waals surface area contributed by atoms with Gasteiger partial charge in [-0.1, -0.05) is 0 Å². The Morgan fingerprint density at radius 3 is 2.43 bits per heavy atom. The first-order chi connectivity index (χ1) is 9.33. The Morgan fingerprint density at radius 2 is 1.90 bits per heavy atom. The summed E-state index contributed by atoms with van der Waals surface area (Å²) < 4.78 is 32.0. The van der Waals surface area contributed by atoms with Gasteiger partial charge in [-0.15, -0.1) is 12.4 Å². The van der Waals surface area contributed by atoms with Crippen LogP contribution in [0.1, 0.15) is 26.7 Å². The standard InChI is InChI=1S/C15H22F2N2O.ClH/c1-15(2,18)10-19-7-5-12(6-8-19)20-14-4-3-11(16)9-13(14)17;/h3-4,9,12H,5-8,10,18H2,1-2H3;1H. The molecular formula is C15H23ClF2N2O. The lowest BCUT2D eigenvalue weighted by Crippen LogP contribution is -2.49. The summed E-state index contributed by atoms with van der Waals surface area (Å²) in [5.41, 5.74) is 5.79. The smallest absolute Gasteiger partial charge is 0.167 e. The predicted octanol–water partition coefficient (Wildman–Crippen LogP) is 2.97. The van der Waals surface area contributed by atoms with E-state index in [2.05, 4.69) is 4.90 Å². The van der Waals surface area contributed by atoms with E-state index in [1.807, 2.05) is 13.8 Å². The number of hydrogen-bond acceptors (Lipinski definition) is 3.